The normalized spacial score (nSPS) is 11.0. The highest BCUT2D eigenvalue weighted by Crippen LogP contribution is 2.32. The van der Waals surface area contributed by atoms with E-state index >= 15 is 0 Å². The highest BCUT2D eigenvalue weighted by Gasteiger charge is 2.06. The fourth-order valence-corrected chi connectivity index (χ4v) is 3.35. The lowest BCUT2D eigenvalue weighted by Gasteiger charge is -2.11. The van der Waals surface area contributed by atoms with Crippen LogP contribution in [0.25, 0.3) is 38.7 Å². The van der Waals surface area contributed by atoms with Gasteiger partial charge in [0.05, 0.1) is 0 Å². The van der Waals surface area contributed by atoms with E-state index in [9.17, 15) is 0 Å². The molecule has 4 aromatic carbocycles. The first-order valence-corrected chi connectivity index (χ1v) is 7.92. The molecule has 0 aliphatic heterocycles. The molecule has 0 saturated heterocycles. The molecule has 0 heterocycles. The minimum Gasteiger partial charge on any atom is -0.0985 e. The fourth-order valence-electron chi connectivity index (χ4n) is 3.35. The van der Waals surface area contributed by atoms with Crippen molar-refractivity contribution in [1.29, 1.82) is 0 Å². The predicted octanol–water partition coefficient (Wildman–Crippen LogP) is 6.61. The standard InChI is InChI=1S/C23H18/c1-3-17-11-12-19-13-14-20(15-23(19)16(17)2)22-10-6-8-18-7-4-5-9-21(18)22/h3-15H,1H2,2H3. The largest absolute Gasteiger partial charge is 0.0985 e. The SMILES string of the molecule is C=Cc1ccc2ccc(-c3cccc4ccccc34)cc2c1C. The summed E-state index contributed by atoms with van der Waals surface area (Å²) in [7, 11) is 0. The van der Waals surface area contributed by atoms with Gasteiger partial charge in [0.2, 0.25) is 0 Å². The Balaban J connectivity index is 2.01. The fraction of sp³-hybridized carbons (Fsp3) is 0.0435. The molecule has 0 spiro atoms. The van der Waals surface area contributed by atoms with E-state index in [1.165, 1.54) is 43.8 Å². The molecule has 23 heavy (non-hydrogen) atoms. The molecule has 0 saturated carbocycles. The van der Waals surface area contributed by atoms with E-state index in [1.807, 2.05) is 6.08 Å². The molecular formula is C23H18. The van der Waals surface area contributed by atoms with Crippen LogP contribution in [0, 0.1) is 6.92 Å². The topological polar surface area (TPSA) is 0 Å². The lowest BCUT2D eigenvalue weighted by atomic mass is 9.93. The summed E-state index contributed by atoms with van der Waals surface area (Å²) < 4.78 is 0. The van der Waals surface area contributed by atoms with Crippen LogP contribution in [-0.4, -0.2) is 0 Å². The average molecular weight is 294 g/mol. The Morgan fingerprint density at radius 3 is 2.35 bits per heavy atom. The van der Waals surface area contributed by atoms with Crippen LogP contribution in [0.4, 0.5) is 0 Å². The molecule has 4 aromatic rings. The van der Waals surface area contributed by atoms with E-state index in [-0.39, 0.29) is 0 Å². The summed E-state index contributed by atoms with van der Waals surface area (Å²) in [6.07, 6.45) is 1.93. The van der Waals surface area contributed by atoms with Crippen molar-refractivity contribution < 1.29 is 0 Å². The van der Waals surface area contributed by atoms with Gasteiger partial charge in [-0.15, -0.1) is 0 Å². The Morgan fingerprint density at radius 1 is 0.739 bits per heavy atom. The zero-order chi connectivity index (χ0) is 15.8. The van der Waals surface area contributed by atoms with Crippen LogP contribution in [0.15, 0.2) is 79.4 Å². The van der Waals surface area contributed by atoms with E-state index in [0.29, 0.717) is 0 Å². The first-order valence-electron chi connectivity index (χ1n) is 7.92. The van der Waals surface area contributed by atoms with Crippen LogP contribution in [0.5, 0.6) is 0 Å². The summed E-state index contributed by atoms with van der Waals surface area (Å²) in [6, 6.07) is 26.1. The summed E-state index contributed by atoms with van der Waals surface area (Å²) in [5.74, 6) is 0. The van der Waals surface area contributed by atoms with Gasteiger partial charge in [-0.1, -0.05) is 79.4 Å². The van der Waals surface area contributed by atoms with Crippen molar-refractivity contribution in [3.05, 3.63) is 90.5 Å². The summed E-state index contributed by atoms with van der Waals surface area (Å²) in [5, 5.41) is 5.15. The van der Waals surface area contributed by atoms with E-state index in [0.717, 1.165) is 0 Å². The van der Waals surface area contributed by atoms with E-state index in [1.54, 1.807) is 0 Å². The molecule has 0 nitrogen and oxygen atoms in total. The van der Waals surface area contributed by atoms with E-state index < -0.39 is 0 Å². The van der Waals surface area contributed by atoms with Gasteiger partial charge in [0.1, 0.15) is 0 Å². The van der Waals surface area contributed by atoms with Gasteiger partial charge >= 0.3 is 0 Å². The zero-order valence-corrected chi connectivity index (χ0v) is 13.2. The quantitative estimate of drug-likeness (QED) is 0.390. The van der Waals surface area contributed by atoms with Gasteiger partial charge in [-0.2, -0.15) is 0 Å². The molecule has 0 fully saturated rings. The minimum atomic E-state index is 1.20. The van der Waals surface area contributed by atoms with Crippen molar-refractivity contribution in [2.45, 2.75) is 6.92 Å². The first kappa shape index (κ1) is 13.8. The highest BCUT2D eigenvalue weighted by atomic mass is 14.1. The van der Waals surface area contributed by atoms with Crippen LogP contribution in [0.3, 0.4) is 0 Å². The summed E-state index contributed by atoms with van der Waals surface area (Å²) in [4.78, 5) is 0. The van der Waals surface area contributed by atoms with Crippen molar-refractivity contribution in [3.8, 4) is 11.1 Å². The third-order valence-corrected chi connectivity index (χ3v) is 4.65. The molecule has 0 N–H and O–H groups in total. The third kappa shape index (κ3) is 2.24. The smallest absolute Gasteiger partial charge is 0.0105 e. The Bertz CT molecular complexity index is 1030. The monoisotopic (exact) mass is 294 g/mol. The van der Waals surface area contributed by atoms with Crippen LogP contribution >= 0.6 is 0 Å². The van der Waals surface area contributed by atoms with Gasteiger partial charge in [-0.3, -0.25) is 0 Å². The predicted molar refractivity (Wildman–Crippen MR) is 102 cm³/mol. The Kier molecular flexibility index (Phi) is 3.24. The molecule has 0 heteroatoms. The van der Waals surface area contributed by atoms with Gasteiger partial charge < -0.3 is 0 Å². The molecule has 0 atom stereocenters. The van der Waals surface area contributed by atoms with Gasteiger partial charge in [-0.05, 0) is 56.8 Å². The molecule has 0 bridgehead atoms. The Labute approximate surface area is 136 Å². The average Bonchev–Trinajstić information content (AvgIpc) is 2.61. The summed E-state index contributed by atoms with van der Waals surface area (Å²) >= 11 is 0. The number of benzene rings is 4. The number of fused-ring (bicyclic) bond motifs is 2. The van der Waals surface area contributed by atoms with Crippen molar-refractivity contribution in [2.24, 2.45) is 0 Å². The van der Waals surface area contributed by atoms with Crippen LogP contribution in [0.2, 0.25) is 0 Å². The maximum atomic E-state index is 3.92. The lowest BCUT2D eigenvalue weighted by Crippen LogP contribution is -1.86. The van der Waals surface area contributed by atoms with Gasteiger partial charge in [-0.25, -0.2) is 0 Å². The molecule has 110 valence electrons. The maximum Gasteiger partial charge on any atom is -0.0105 e. The summed E-state index contributed by atoms with van der Waals surface area (Å²) in [5.41, 5.74) is 5.04. The molecular weight excluding hydrogens is 276 g/mol. The molecule has 0 amide bonds. The molecule has 0 aromatic heterocycles. The van der Waals surface area contributed by atoms with Gasteiger partial charge in [0.15, 0.2) is 0 Å². The zero-order valence-electron chi connectivity index (χ0n) is 13.2. The van der Waals surface area contributed by atoms with Crippen molar-refractivity contribution in [2.75, 3.05) is 0 Å². The lowest BCUT2D eigenvalue weighted by molar-refractivity contribution is 1.50. The van der Waals surface area contributed by atoms with Gasteiger partial charge in [0, 0.05) is 0 Å². The number of hydrogen-bond donors (Lipinski definition) is 0. The highest BCUT2D eigenvalue weighted by molar-refractivity contribution is 5.99. The van der Waals surface area contributed by atoms with Gasteiger partial charge in [0.25, 0.3) is 0 Å². The van der Waals surface area contributed by atoms with Crippen molar-refractivity contribution in [1.82, 2.24) is 0 Å². The Morgan fingerprint density at radius 2 is 1.48 bits per heavy atom. The minimum absolute atomic E-state index is 1.20. The number of aryl methyl sites for hydroxylation is 1. The maximum absolute atomic E-state index is 3.92. The van der Waals surface area contributed by atoms with Crippen LogP contribution in [-0.2, 0) is 0 Å². The molecule has 0 aliphatic rings. The molecule has 0 aliphatic carbocycles. The second-order valence-corrected chi connectivity index (χ2v) is 5.95. The van der Waals surface area contributed by atoms with Crippen molar-refractivity contribution in [3.63, 3.8) is 0 Å². The Hall–Kier alpha value is -2.86. The summed E-state index contributed by atoms with van der Waals surface area (Å²) in [6.45, 7) is 6.09. The second kappa shape index (κ2) is 5.40. The van der Waals surface area contributed by atoms with Crippen molar-refractivity contribution >= 4 is 27.6 Å². The number of hydrogen-bond acceptors (Lipinski definition) is 0. The van der Waals surface area contributed by atoms with E-state index in [2.05, 4.69) is 86.3 Å². The number of rotatable bonds is 2. The molecule has 4 rings (SSSR count). The first-order chi connectivity index (χ1) is 11.3. The van der Waals surface area contributed by atoms with E-state index in [4.69, 9.17) is 0 Å². The third-order valence-electron chi connectivity index (χ3n) is 4.65. The second-order valence-electron chi connectivity index (χ2n) is 5.95. The molecule has 0 unspecified atom stereocenters. The van der Waals surface area contributed by atoms with Crippen LogP contribution < -0.4 is 0 Å². The van der Waals surface area contributed by atoms with Crippen LogP contribution in [0.1, 0.15) is 11.1 Å². The molecule has 0 radical (unpaired) electrons.